The summed E-state index contributed by atoms with van der Waals surface area (Å²) in [5, 5.41) is 0. The van der Waals surface area contributed by atoms with Gasteiger partial charge in [-0.1, -0.05) is 26.7 Å². The van der Waals surface area contributed by atoms with E-state index in [1.807, 2.05) is 0 Å². The Morgan fingerprint density at radius 1 is 0.526 bits per heavy atom. The van der Waals surface area contributed by atoms with Gasteiger partial charge < -0.3 is 14.2 Å². The van der Waals surface area contributed by atoms with Crippen LogP contribution in [0.25, 0.3) is 0 Å². The fourth-order valence-corrected chi connectivity index (χ4v) is 1.03. The molecule has 0 amide bonds. The predicted octanol–water partition coefficient (Wildman–Crippen LogP) is 4.24. The van der Waals surface area contributed by atoms with Crippen molar-refractivity contribution < 1.29 is 14.2 Å². The summed E-state index contributed by atoms with van der Waals surface area (Å²) in [4.78, 5) is 0. The van der Waals surface area contributed by atoms with Gasteiger partial charge in [0.1, 0.15) is 0 Å². The van der Waals surface area contributed by atoms with Crippen molar-refractivity contribution in [3.63, 3.8) is 0 Å². The molecule has 0 fully saturated rings. The molecule has 0 heterocycles. The van der Waals surface area contributed by atoms with E-state index in [0.717, 1.165) is 26.1 Å². The van der Waals surface area contributed by atoms with Gasteiger partial charge in [0, 0.05) is 13.2 Å². The smallest absolute Gasteiger partial charge is 0.0701 e. The zero-order valence-corrected chi connectivity index (χ0v) is 13.1. The van der Waals surface area contributed by atoms with Gasteiger partial charge in [-0.05, 0) is 12.8 Å². The summed E-state index contributed by atoms with van der Waals surface area (Å²) < 4.78 is 16.1. The lowest BCUT2D eigenvalue weighted by Crippen LogP contribution is -2.10. The molecule has 0 unspecified atom stereocenters. The van der Waals surface area contributed by atoms with Crippen LogP contribution in [0.2, 0.25) is 0 Å². The Hall–Kier alpha value is -0.640. The van der Waals surface area contributed by atoms with Gasteiger partial charge in [0.15, 0.2) is 0 Å². The van der Waals surface area contributed by atoms with Crippen molar-refractivity contribution in [2.45, 2.75) is 39.5 Å². The minimum Gasteiger partial charge on any atom is -0.379 e. The minimum atomic E-state index is 0.681. The summed E-state index contributed by atoms with van der Waals surface area (Å²) >= 11 is 0. The van der Waals surface area contributed by atoms with Gasteiger partial charge >= 0.3 is 0 Å². The van der Waals surface area contributed by atoms with E-state index in [1.54, 1.807) is 0 Å². The lowest BCUT2D eigenvalue weighted by molar-refractivity contribution is 0.0136. The number of hydrogen-bond acceptors (Lipinski definition) is 3. The first kappa shape index (κ1) is 23.5. The molecule has 0 rings (SSSR count). The van der Waals surface area contributed by atoms with E-state index < -0.39 is 0 Å². The fourth-order valence-electron chi connectivity index (χ4n) is 1.03. The van der Waals surface area contributed by atoms with Crippen LogP contribution in [0.4, 0.5) is 0 Å². The van der Waals surface area contributed by atoms with Crippen molar-refractivity contribution in [3.05, 3.63) is 26.3 Å². The van der Waals surface area contributed by atoms with E-state index in [-0.39, 0.29) is 0 Å². The number of unbranched alkanes of at least 4 members (excludes halogenated alkanes) is 2. The average molecular weight is 274 g/mol. The zero-order valence-electron chi connectivity index (χ0n) is 13.1. The van der Waals surface area contributed by atoms with Gasteiger partial charge in [0.2, 0.25) is 0 Å². The van der Waals surface area contributed by atoms with Crippen molar-refractivity contribution in [3.8, 4) is 0 Å². The Morgan fingerprint density at radius 2 is 0.789 bits per heavy atom. The molecule has 0 aromatic heterocycles. The lowest BCUT2D eigenvalue weighted by Gasteiger charge is -2.06. The highest BCUT2D eigenvalue weighted by Crippen LogP contribution is 1.89. The highest BCUT2D eigenvalue weighted by atomic mass is 16.5. The highest BCUT2D eigenvalue weighted by molar-refractivity contribution is 4.36. The Labute approximate surface area is 120 Å². The Kier molecular flexibility index (Phi) is 37.5. The Balaban J connectivity index is -0.000000579. The molecule has 0 bridgehead atoms. The maximum absolute atomic E-state index is 5.35. The first-order valence-corrected chi connectivity index (χ1v) is 7.15. The van der Waals surface area contributed by atoms with Crippen molar-refractivity contribution in [2.24, 2.45) is 0 Å². The molecule has 0 aliphatic rings. The summed E-state index contributed by atoms with van der Waals surface area (Å²) in [6, 6.07) is 0. The van der Waals surface area contributed by atoms with Crippen molar-refractivity contribution in [1.29, 1.82) is 0 Å². The maximum atomic E-state index is 5.35. The van der Waals surface area contributed by atoms with Crippen molar-refractivity contribution >= 4 is 0 Å². The molecule has 0 saturated carbocycles. The first-order chi connectivity index (χ1) is 9.41. The van der Waals surface area contributed by atoms with Crippen LogP contribution in [0, 0.1) is 0 Å². The second-order valence-electron chi connectivity index (χ2n) is 3.54. The van der Waals surface area contributed by atoms with Crippen molar-refractivity contribution in [2.75, 3.05) is 39.6 Å². The summed E-state index contributed by atoms with van der Waals surface area (Å²) in [5.74, 6) is 0. The molecule has 0 N–H and O–H groups in total. The second kappa shape index (κ2) is 30.4. The van der Waals surface area contributed by atoms with Crippen LogP contribution in [-0.4, -0.2) is 39.6 Å². The van der Waals surface area contributed by atoms with E-state index in [2.05, 4.69) is 40.2 Å². The molecule has 0 spiro atoms. The Morgan fingerprint density at radius 3 is 1.05 bits per heavy atom. The number of rotatable bonds is 12. The van der Waals surface area contributed by atoms with Gasteiger partial charge in [0.25, 0.3) is 0 Å². The average Bonchev–Trinajstić information content (AvgIpc) is 2.49. The quantitative estimate of drug-likeness (QED) is 0.393. The topological polar surface area (TPSA) is 27.7 Å². The summed E-state index contributed by atoms with van der Waals surface area (Å²) in [7, 11) is 0. The van der Waals surface area contributed by atoms with Gasteiger partial charge in [-0.3, -0.25) is 0 Å². The zero-order chi connectivity index (χ0) is 15.2. The SMILES string of the molecule is C=C.C=C.CCCCOCCOCCOCCCC. The normalized spacial score (nSPS) is 8.95. The second-order valence-corrected chi connectivity index (χ2v) is 3.54. The summed E-state index contributed by atoms with van der Waals surface area (Å²) in [5.41, 5.74) is 0. The molecule has 0 aliphatic heterocycles. The summed E-state index contributed by atoms with van der Waals surface area (Å²) in [6.07, 6.45) is 4.65. The molecule has 0 radical (unpaired) electrons. The largest absolute Gasteiger partial charge is 0.379 e. The van der Waals surface area contributed by atoms with E-state index in [0.29, 0.717) is 26.4 Å². The maximum Gasteiger partial charge on any atom is 0.0701 e. The van der Waals surface area contributed by atoms with Gasteiger partial charge in [0.05, 0.1) is 26.4 Å². The van der Waals surface area contributed by atoms with Crippen molar-refractivity contribution in [1.82, 2.24) is 0 Å². The van der Waals surface area contributed by atoms with Crippen LogP contribution in [0.1, 0.15) is 39.5 Å². The standard InChI is InChI=1S/C12H26O3.2C2H4/c1-3-5-7-13-9-11-15-12-10-14-8-6-4-2;2*1-2/h3-12H2,1-2H3;2*1-2H2. The van der Waals surface area contributed by atoms with E-state index in [9.17, 15) is 0 Å². The number of ether oxygens (including phenoxy) is 3. The van der Waals surface area contributed by atoms with Crippen LogP contribution in [0.5, 0.6) is 0 Å². The third-order valence-corrected chi connectivity index (χ3v) is 2.03. The Bertz CT molecular complexity index is 115. The molecular formula is C16H34O3. The monoisotopic (exact) mass is 274 g/mol. The lowest BCUT2D eigenvalue weighted by atomic mass is 10.4. The van der Waals surface area contributed by atoms with E-state index in [1.165, 1.54) is 12.8 Å². The minimum absolute atomic E-state index is 0.681. The van der Waals surface area contributed by atoms with Crippen LogP contribution in [0.3, 0.4) is 0 Å². The van der Waals surface area contributed by atoms with Crippen LogP contribution in [-0.2, 0) is 14.2 Å². The fraction of sp³-hybridized carbons (Fsp3) is 0.750. The molecule has 0 saturated heterocycles. The van der Waals surface area contributed by atoms with Crippen LogP contribution < -0.4 is 0 Å². The molecule has 0 aromatic carbocycles. The summed E-state index contributed by atoms with van der Waals surface area (Å²) in [6.45, 7) is 20.8. The van der Waals surface area contributed by atoms with Gasteiger partial charge in [-0.25, -0.2) is 0 Å². The van der Waals surface area contributed by atoms with E-state index >= 15 is 0 Å². The molecular weight excluding hydrogens is 240 g/mol. The van der Waals surface area contributed by atoms with Gasteiger partial charge in [-0.15, -0.1) is 26.3 Å². The van der Waals surface area contributed by atoms with Gasteiger partial charge in [-0.2, -0.15) is 0 Å². The third-order valence-electron chi connectivity index (χ3n) is 2.03. The molecule has 19 heavy (non-hydrogen) atoms. The third kappa shape index (κ3) is 31.7. The molecule has 3 nitrogen and oxygen atoms in total. The van der Waals surface area contributed by atoms with Crippen LogP contribution in [0.15, 0.2) is 26.3 Å². The molecule has 116 valence electrons. The van der Waals surface area contributed by atoms with E-state index in [4.69, 9.17) is 14.2 Å². The molecule has 0 aliphatic carbocycles. The highest BCUT2D eigenvalue weighted by Gasteiger charge is 1.90. The predicted molar refractivity (Wildman–Crippen MR) is 84.8 cm³/mol. The molecule has 0 atom stereocenters. The number of hydrogen-bond donors (Lipinski definition) is 0. The molecule has 0 aromatic rings. The van der Waals surface area contributed by atoms with Crippen LogP contribution >= 0.6 is 0 Å². The molecule has 3 heteroatoms. The first-order valence-electron chi connectivity index (χ1n) is 7.15.